The minimum atomic E-state index is 0.629. The summed E-state index contributed by atoms with van der Waals surface area (Å²) in [6.07, 6.45) is 0. The van der Waals surface area contributed by atoms with Gasteiger partial charge in [0.25, 0.3) is 0 Å². The van der Waals surface area contributed by atoms with Crippen molar-refractivity contribution < 1.29 is 0 Å². The Bertz CT molecular complexity index is 3390. The zero-order chi connectivity index (χ0) is 43.2. The van der Waals surface area contributed by atoms with E-state index < -0.39 is 0 Å². The summed E-state index contributed by atoms with van der Waals surface area (Å²) < 4.78 is 0. The smallest absolute Gasteiger partial charge is 0.100 e. The minimum Gasteiger partial charge on any atom is -0.192 e. The summed E-state index contributed by atoms with van der Waals surface area (Å²) in [7, 11) is 0. The van der Waals surface area contributed by atoms with Crippen molar-refractivity contribution in [1.29, 1.82) is 10.5 Å². The molecule has 2 nitrogen and oxygen atoms in total. The molecule has 0 saturated heterocycles. The molecule has 0 aliphatic heterocycles. The molecule has 0 aromatic heterocycles. The van der Waals surface area contributed by atoms with Gasteiger partial charge in [-0.2, -0.15) is 10.5 Å². The Morgan fingerprint density at radius 2 is 0.422 bits per heavy atom. The molecule has 0 aliphatic carbocycles. The molecule has 10 aromatic rings. The van der Waals surface area contributed by atoms with Gasteiger partial charge < -0.3 is 0 Å². The molecule has 0 aliphatic rings. The van der Waals surface area contributed by atoms with Crippen LogP contribution in [0, 0.1) is 22.7 Å². The lowest BCUT2D eigenvalue weighted by atomic mass is 9.87. The quantitative estimate of drug-likeness (QED) is 0.146. The third-order valence-corrected chi connectivity index (χ3v) is 12.0. The number of benzene rings is 10. The number of nitrogens with zero attached hydrogens (tertiary/aromatic N) is 2. The van der Waals surface area contributed by atoms with Crippen molar-refractivity contribution >= 4 is 0 Å². The Labute approximate surface area is 374 Å². The number of nitriles is 2. The van der Waals surface area contributed by atoms with Crippen LogP contribution in [0.25, 0.3) is 100 Å². The van der Waals surface area contributed by atoms with Crippen molar-refractivity contribution in [3.63, 3.8) is 0 Å². The molecule has 10 aromatic carbocycles. The lowest BCUT2D eigenvalue weighted by molar-refractivity contribution is 1.46. The first-order chi connectivity index (χ1) is 31.6. The molecule has 298 valence electrons. The third kappa shape index (κ3) is 7.92. The Morgan fingerprint density at radius 1 is 0.188 bits per heavy atom. The van der Waals surface area contributed by atoms with Gasteiger partial charge in [-0.05, 0) is 120 Å². The van der Waals surface area contributed by atoms with E-state index in [1.54, 1.807) is 0 Å². The van der Waals surface area contributed by atoms with Crippen molar-refractivity contribution in [2.24, 2.45) is 0 Å². The van der Waals surface area contributed by atoms with Gasteiger partial charge in [0.15, 0.2) is 0 Å². The Morgan fingerprint density at radius 3 is 0.812 bits per heavy atom. The van der Waals surface area contributed by atoms with E-state index in [0.29, 0.717) is 11.1 Å². The lowest BCUT2D eigenvalue weighted by Gasteiger charge is -2.16. The monoisotopic (exact) mass is 812 g/mol. The second-order valence-corrected chi connectivity index (χ2v) is 15.9. The van der Waals surface area contributed by atoms with Crippen LogP contribution < -0.4 is 0 Å². The zero-order valence-corrected chi connectivity index (χ0v) is 35.0. The second-order valence-electron chi connectivity index (χ2n) is 15.9. The summed E-state index contributed by atoms with van der Waals surface area (Å²) in [5.74, 6) is 0. The molecule has 10 rings (SSSR count). The van der Waals surface area contributed by atoms with E-state index in [0.717, 1.165) is 83.5 Å². The highest BCUT2D eigenvalue weighted by Crippen LogP contribution is 2.40. The van der Waals surface area contributed by atoms with E-state index in [1.165, 1.54) is 16.7 Å². The highest BCUT2D eigenvalue weighted by molar-refractivity contribution is 5.90. The van der Waals surface area contributed by atoms with Gasteiger partial charge in [0.1, 0.15) is 12.1 Å². The van der Waals surface area contributed by atoms with Crippen LogP contribution >= 0.6 is 0 Å². The highest BCUT2D eigenvalue weighted by Gasteiger charge is 2.17. The summed E-state index contributed by atoms with van der Waals surface area (Å²) in [5.41, 5.74) is 19.8. The third-order valence-electron chi connectivity index (χ3n) is 12.0. The minimum absolute atomic E-state index is 0.629. The topological polar surface area (TPSA) is 47.6 Å². The van der Waals surface area contributed by atoms with Crippen molar-refractivity contribution in [3.8, 4) is 112 Å². The summed E-state index contributed by atoms with van der Waals surface area (Å²) in [4.78, 5) is 0. The van der Waals surface area contributed by atoms with Crippen molar-refractivity contribution in [3.05, 3.63) is 254 Å². The second kappa shape index (κ2) is 17.6. The van der Waals surface area contributed by atoms with Gasteiger partial charge in [0.2, 0.25) is 0 Å². The molecule has 0 atom stereocenters. The van der Waals surface area contributed by atoms with E-state index >= 15 is 0 Å². The van der Waals surface area contributed by atoms with Gasteiger partial charge in [0, 0.05) is 22.3 Å². The van der Waals surface area contributed by atoms with Gasteiger partial charge in [-0.1, -0.05) is 200 Å². The SMILES string of the molecule is N#Cc1c(-c2ccccc2)cccc1-c1cccc(-c2cc(-c3cccc(-c4cccc(-c5cccc(-c6ccccc6)c5)c4)c3)cc(-c3cccc(-c4ccccc4)c3C#N)c2)c1. The Balaban J connectivity index is 1.10. The summed E-state index contributed by atoms with van der Waals surface area (Å²) in [6.45, 7) is 0. The molecule has 64 heavy (non-hydrogen) atoms. The van der Waals surface area contributed by atoms with E-state index in [4.69, 9.17) is 0 Å². The highest BCUT2D eigenvalue weighted by atomic mass is 14.3. The molecule has 0 amide bonds. The van der Waals surface area contributed by atoms with Crippen molar-refractivity contribution in [2.75, 3.05) is 0 Å². The van der Waals surface area contributed by atoms with Crippen LogP contribution in [-0.2, 0) is 0 Å². The van der Waals surface area contributed by atoms with E-state index in [1.807, 2.05) is 91.0 Å². The van der Waals surface area contributed by atoms with E-state index in [2.05, 4.69) is 164 Å². The van der Waals surface area contributed by atoms with Gasteiger partial charge in [-0.15, -0.1) is 0 Å². The van der Waals surface area contributed by atoms with Crippen LogP contribution in [0.15, 0.2) is 243 Å². The number of rotatable bonds is 9. The average Bonchev–Trinajstić information content (AvgIpc) is 3.39. The molecular formula is C62H40N2. The molecule has 0 saturated carbocycles. The maximum absolute atomic E-state index is 10.8. The van der Waals surface area contributed by atoms with Gasteiger partial charge in [0.05, 0.1) is 11.1 Å². The molecule has 2 heteroatoms. The van der Waals surface area contributed by atoms with E-state index in [9.17, 15) is 10.5 Å². The first-order valence-corrected chi connectivity index (χ1v) is 21.4. The van der Waals surface area contributed by atoms with Gasteiger partial charge >= 0.3 is 0 Å². The van der Waals surface area contributed by atoms with Crippen LogP contribution in [-0.4, -0.2) is 0 Å². The maximum atomic E-state index is 10.8. The predicted molar refractivity (Wildman–Crippen MR) is 265 cm³/mol. The fourth-order valence-electron chi connectivity index (χ4n) is 8.79. The number of hydrogen-bond acceptors (Lipinski definition) is 2. The first kappa shape index (κ1) is 39.3. The Kier molecular flexibility index (Phi) is 10.8. The maximum Gasteiger partial charge on any atom is 0.100 e. The first-order valence-electron chi connectivity index (χ1n) is 21.4. The molecule has 0 spiro atoms. The summed E-state index contributed by atoms with van der Waals surface area (Å²) in [5, 5.41) is 21.3. The zero-order valence-electron chi connectivity index (χ0n) is 35.0. The lowest BCUT2D eigenvalue weighted by Crippen LogP contribution is -1.93. The normalized spacial score (nSPS) is 10.8. The largest absolute Gasteiger partial charge is 0.192 e. The van der Waals surface area contributed by atoms with Crippen LogP contribution in [0.2, 0.25) is 0 Å². The molecule has 0 bridgehead atoms. The Hall–Kier alpha value is -8.82. The predicted octanol–water partition coefficient (Wildman–Crippen LogP) is 16.4. The molecule has 0 unspecified atom stereocenters. The molecule has 0 fully saturated rings. The summed E-state index contributed by atoms with van der Waals surface area (Å²) >= 11 is 0. The molecular weight excluding hydrogens is 773 g/mol. The fraction of sp³-hybridized carbons (Fsp3) is 0. The van der Waals surface area contributed by atoms with Crippen LogP contribution in [0.1, 0.15) is 11.1 Å². The van der Waals surface area contributed by atoms with Crippen LogP contribution in [0.3, 0.4) is 0 Å². The average molecular weight is 813 g/mol. The molecule has 0 N–H and O–H groups in total. The number of hydrogen-bond donors (Lipinski definition) is 0. The van der Waals surface area contributed by atoms with E-state index in [-0.39, 0.29) is 0 Å². The molecule has 0 radical (unpaired) electrons. The van der Waals surface area contributed by atoms with Crippen LogP contribution in [0.4, 0.5) is 0 Å². The summed E-state index contributed by atoms with van der Waals surface area (Å²) in [6, 6.07) is 89.2. The van der Waals surface area contributed by atoms with Gasteiger partial charge in [-0.3, -0.25) is 0 Å². The van der Waals surface area contributed by atoms with Crippen molar-refractivity contribution in [2.45, 2.75) is 0 Å². The van der Waals surface area contributed by atoms with Gasteiger partial charge in [-0.25, -0.2) is 0 Å². The molecule has 0 heterocycles. The van der Waals surface area contributed by atoms with Crippen LogP contribution in [0.5, 0.6) is 0 Å². The standard InChI is InChI=1S/C62H40N2/c63-41-61-57(44-18-6-2-7-19-44)30-14-32-59(61)53-29-13-28-52(37-53)55-38-54(39-56(40-55)60-33-15-31-58(62(60)42-64)45-20-8-3-9-21-45)51-27-12-26-50(36-51)49-25-11-24-48(35-49)47-23-10-22-46(34-47)43-16-4-1-5-17-43/h1-40H. The van der Waals surface area contributed by atoms with Crippen molar-refractivity contribution in [1.82, 2.24) is 0 Å². The fourth-order valence-corrected chi connectivity index (χ4v) is 8.79.